The summed E-state index contributed by atoms with van der Waals surface area (Å²) in [6.45, 7) is 3.78. The first kappa shape index (κ1) is 13.1. The number of aromatic nitrogens is 2. The number of ketones is 1. The minimum Gasteiger partial charge on any atom is -0.326 e. The van der Waals surface area contributed by atoms with E-state index < -0.39 is 0 Å². The highest BCUT2D eigenvalue weighted by Gasteiger charge is 2.09. The fraction of sp³-hybridized carbons (Fsp3) is 0.308. The molecule has 0 aliphatic rings. The number of benzene rings is 1. The van der Waals surface area contributed by atoms with Gasteiger partial charge >= 0.3 is 5.69 Å². The lowest BCUT2D eigenvalue weighted by molar-refractivity contribution is -0.124. The van der Waals surface area contributed by atoms with Crippen molar-refractivity contribution in [2.45, 2.75) is 26.8 Å². The number of aromatic amines is 1. The molecule has 0 aliphatic heterocycles. The summed E-state index contributed by atoms with van der Waals surface area (Å²) >= 11 is 0. The standard InChI is InChI=1S/C13H15N3O3/c1-3-16-11-7-9(14-12(18)6-8(2)17)4-5-10(11)15-13(16)19/h4-5,7H,3,6H2,1-2H3,(H,14,18)(H,15,19). The van der Waals surface area contributed by atoms with Crippen molar-refractivity contribution in [3.8, 4) is 0 Å². The molecule has 0 unspecified atom stereocenters. The van der Waals surface area contributed by atoms with Crippen molar-refractivity contribution in [1.29, 1.82) is 0 Å². The Balaban J connectivity index is 2.33. The third kappa shape index (κ3) is 2.73. The van der Waals surface area contributed by atoms with Gasteiger partial charge in [0, 0.05) is 12.2 Å². The number of aryl methyl sites for hydroxylation is 1. The van der Waals surface area contributed by atoms with Gasteiger partial charge < -0.3 is 10.3 Å². The molecule has 6 nitrogen and oxygen atoms in total. The normalized spacial score (nSPS) is 10.6. The average molecular weight is 261 g/mol. The highest BCUT2D eigenvalue weighted by molar-refractivity contribution is 6.04. The molecule has 0 spiro atoms. The van der Waals surface area contributed by atoms with Crippen LogP contribution in [0.2, 0.25) is 0 Å². The summed E-state index contributed by atoms with van der Waals surface area (Å²) in [6.07, 6.45) is -0.147. The third-order valence-electron chi connectivity index (χ3n) is 2.78. The van der Waals surface area contributed by atoms with Crippen molar-refractivity contribution in [2.75, 3.05) is 5.32 Å². The maximum absolute atomic E-state index is 11.6. The van der Waals surface area contributed by atoms with Crippen LogP contribution >= 0.6 is 0 Å². The molecular formula is C13H15N3O3. The van der Waals surface area contributed by atoms with Crippen LogP contribution in [0.5, 0.6) is 0 Å². The van der Waals surface area contributed by atoms with Crippen LogP contribution in [0, 0.1) is 0 Å². The number of Topliss-reactive ketones (excluding diaryl/α,β-unsaturated/α-hetero) is 1. The van der Waals surface area contributed by atoms with Crippen molar-refractivity contribution < 1.29 is 9.59 Å². The van der Waals surface area contributed by atoms with Crippen LogP contribution < -0.4 is 11.0 Å². The molecule has 0 saturated carbocycles. The Labute approximate surface area is 109 Å². The van der Waals surface area contributed by atoms with Crippen LogP contribution in [0.4, 0.5) is 5.69 Å². The van der Waals surface area contributed by atoms with E-state index in [0.29, 0.717) is 12.2 Å². The molecule has 6 heteroatoms. The van der Waals surface area contributed by atoms with E-state index >= 15 is 0 Å². The molecule has 0 aliphatic carbocycles. The molecule has 0 bridgehead atoms. The van der Waals surface area contributed by atoms with Gasteiger partial charge in [-0.25, -0.2) is 4.79 Å². The van der Waals surface area contributed by atoms with E-state index in [2.05, 4.69) is 10.3 Å². The average Bonchev–Trinajstić information content (AvgIpc) is 2.62. The Hall–Kier alpha value is -2.37. The van der Waals surface area contributed by atoms with E-state index in [1.165, 1.54) is 6.92 Å². The number of imidazole rings is 1. The van der Waals surface area contributed by atoms with Crippen LogP contribution in [0.15, 0.2) is 23.0 Å². The van der Waals surface area contributed by atoms with E-state index in [9.17, 15) is 14.4 Å². The number of carbonyl (C=O) groups excluding carboxylic acids is 2. The maximum atomic E-state index is 11.6. The molecule has 1 aromatic carbocycles. The van der Waals surface area contributed by atoms with E-state index in [1.807, 2.05) is 6.92 Å². The number of hydrogen-bond acceptors (Lipinski definition) is 3. The number of carbonyl (C=O) groups is 2. The molecule has 19 heavy (non-hydrogen) atoms. The summed E-state index contributed by atoms with van der Waals surface area (Å²) < 4.78 is 1.58. The topological polar surface area (TPSA) is 84.0 Å². The first-order chi connectivity index (χ1) is 9.01. The Morgan fingerprint density at radius 1 is 1.37 bits per heavy atom. The second kappa shape index (κ2) is 5.09. The lowest BCUT2D eigenvalue weighted by atomic mass is 10.2. The Morgan fingerprint density at radius 3 is 2.74 bits per heavy atom. The van der Waals surface area contributed by atoms with Crippen molar-refractivity contribution in [2.24, 2.45) is 0 Å². The van der Waals surface area contributed by atoms with Crippen LogP contribution in [0.25, 0.3) is 11.0 Å². The van der Waals surface area contributed by atoms with Crippen LogP contribution in [-0.4, -0.2) is 21.2 Å². The van der Waals surface area contributed by atoms with Crippen LogP contribution in [0.3, 0.4) is 0 Å². The van der Waals surface area contributed by atoms with Gasteiger partial charge in [-0.1, -0.05) is 0 Å². The fourth-order valence-electron chi connectivity index (χ4n) is 1.98. The SMILES string of the molecule is CCn1c(=O)[nH]c2ccc(NC(=O)CC(C)=O)cc21. The van der Waals surface area contributed by atoms with Crippen molar-refractivity contribution >= 4 is 28.4 Å². The summed E-state index contributed by atoms with van der Waals surface area (Å²) in [5.74, 6) is -0.543. The quantitative estimate of drug-likeness (QED) is 0.813. The van der Waals surface area contributed by atoms with Gasteiger partial charge in [-0.05, 0) is 32.0 Å². The molecule has 2 N–H and O–H groups in total. The molecule has 2 aromatic rings. The van der Waals surface area contributed by atoms with Gasteiger partial charge in [-0.15, -0.1) is 0 Å². The first-order valence-corrected chi connectivity index (χ1v) is 6.03. The fourth-order valence-corrected chi connectivity index (χ4v) is 1.98. The maximum Gasteiger partial charge on any atom is 0.326 e. The van der Waals surface area contributed by atoms with E-state index in [1.54, 1.807) is 22.8 Å². The zero-order valence-corrected chi connectivity index (χ0v) is 10.8. The number of H-pyrrole nitrogens is 1. The molecule has 1 heterocycles. The van der Waals surface area contributed by atoms with Gasteiger partial charge in [-0.3, -0.25) is 14.2 Å². The summed E-state index contributed by atoms with van der Waals surface area (Å²) in [4.78, 5) is 36.7. The summed E-state index contributed by atoms with van der Waals surface area (Å²) in [7, 11) is 0. The molecule has 1 aromatic heterocycles. The van der Waals surface area contributed by atoms with E-state index in [0.717, 1.165) is 11.0 Å². The number of hydrogen-bond donors (Lipinski definition) is 2. The van der Waals surface area contributed by atoms with Gasteiger partial charge in [-0.2, -0.15) is 0 Å². The largest absolute Gasteiger partial charge is 0.326 e. The summed E-state index contributed by atoms with van der Waals surface area (Å²) in [5, 5.41) is 2.64. The molecule has 0 atom stereocenters. The van der Waals surface area contributed by atoms with Gasteiger partial charge in [0.1, 0.15) is 5.78 Å². The van der Waals surface area contributed by atoms with Crippen molar-refractivity contribution in [3.63, 3.8) is 0 Å². The Bertz CT molecular complexity index is 697. The van der Waals surface area contributed by atoms with Crippen LogP contribution in [-0.2, 0) is 16.1 Å². The number of anilines is 1. The number of nitrogens with zero attached hydrogens (tertiary/aromatic N) is 1. The van der Waals surface area contributed by atoms with Gasteiger partial charge in [0.05, 0.1) is 17.5 Å². The number of rotatable bonds is 4. The smallest absolute Gasteiger partial charge is 0.326 e. The zero-order chi connectivity index (χ0) is 14.0. The number of amides is 1. The van der Waals surface area contributed by atoms with Crippen molar-refractivity contribution in [1.82, 2.24) is 9.55 Å². The van der Waals surface area contributed by atoms with E-state index in [-0.39, 0.29) is 23.8 Å². The van der Waals surface area contributed by atoms with Gasteiger partial charge in [0.15, 0.2) is 0 Å². The Kier molecular flexibility index (Phi) is 3.50. The minimum absolute atomic E-state index is 0.147. The predicted molar refractivity (Wildman–Crippen MR) is 72.2 cm³/mol. The highest BCUT2D eigenvalue weighted by Crippen LogP contribution is 2.16. The lowest BCUT2D eigenvalue weighted by Crippen LogP contribution is -2.16. The van der Waals surface area contributed by atoms with Gasteiger partial charge in [0.2, 0.25) is 5.91 Å². The van der Waals surface area contributed by atoms with Gasteiger partial charge in [0.25, 0.3) is 0 Å². The summed E-state index contributed by atoms with van der Waals surface area (Å²) in [5.41, 5.74) is 1.84. The Morgan fingerprint density at radius 2 is 2.11 bits per heavy atom. The monoisotopic (exact) mass is 261 g/mol. The third-order valence-corrected chi connectivity index (χ3v) is 2.78. The predicted octanol–water partition coefficient (Wildman–Crippen LogP) is 1.27. The molecule has 0 fully saturated rings. The highest BCUT2D eigenvalue weighted by atomic mass is 16.2. The first-order valence-electron chi connectivity index (χ1n) is 6.03. The molecule has 0 saturated heterocycles. The summed E-state index contributed by atoms with van der Waals surface area (Å²) in [6, 6.07) is 5.14. The minimum atomic E-state index is -0.354. The lowest BCUT2D eigenvalue weighted by Gasteiger charge is -2.05. The molecule has 0 radical (unpaired) electrons. The number of fused-ring (bicyclic) bond motifs is 1. The molecule has 1 amide bonds. The molecule has 2 rings (SSSR count). The van der Waals surface area contributed by atoms with E-state index in [4.69, 9.17) is 0 Å². The van der Waals surface area contributed by atoms with Crippen LogP contribution in [0.1, 0.15) is 20.3 Å². The van der Waals surface area contributed by atoms with Crippen molar-refractivity contribution in [3.05, 3.63) is 28.7 Å². The molecule has 100 valence electrons. The molecular weight excluding hydrogens is 246 g/mol. The second-order valence-corrected chi connectivity index (χ2v) is 4.33. The number of nitrogens with one attached hydrogen (secondary N) is 2. The second-order valence-electron chi connectivity index (χ2n) is 4.33. The zero-order valence-electron chi connectivity index (χ0n) is 10.8.